The van der Waals surface area contributed by atoms with E-state index in [1.165, 1.54) is 0 Å². The highest BCUT2D eigenvalue weighted by atomic mass is 16.5. The van der Waals surface area contributed by atoms with Gasteiger partial charge in [0.2, 0.25) is 0 Å². The third-order valence-corrected chi connectivity index (χ3v) is 3.07. The van der Waals surface area contributed by atoms with Gasteiger partial charge in [-0.2, -0.15) is 0 Å². The molecule has 0 amide bonds. The van der Waals surface area contributed by atoms with Crippen molar-refractivity contribution in [1.29, 1.82) is 0 Å². The van der Waals surface area contributed by atoms with E-state index in [2.05, 4.69) is 17.1 Å². The molecule has 0 atom stereocenters. The Morgan fingerprint density at radius 1 is 1.42 bits per heavy atom. The molecule has 2 heterocycles. The minimum atomic E-state index is 0.111. The van der Waals surface area contributed by atoms with E-state index in [9.17, 15) is 0 Å². The number of hydrogen-bond donors (Lipinski definition) is 1. The van der Waals surface area contributed by atoms with Crippen LogP contribution in [-0.2, 0) is 4.74 Å². The van der Waals surface area contributed by atoms with Crippen molar-refractivity contribution in [3.05, 3.63) is 0 Å². The van der Waals surface area contributed by atoms with E-state index in [4.69, 9.17) is 4.74 Å². The molecule has 1 spiro atoms. The fraction of sp³-hybridized carbons (Fsp3) is 1.00. The average Bonchev–Trinajstić information content (AvgIpc) is 2.49. The number of hydrogen-bond acceptors (Lipinski definition) is 3. The molecule has 2 aliphatic heterocycles. The Hall–Kier alpha value is -0.120. The minimum Gasteiger partial charge on any atom is -0.359 e. The van der Waals surface area contributed by atoms with Crippen molar-refractivity contribution in [2.45, 2.75) is 25.5 Å². The molecule has 0 bridgehead atoms. The van der Waals surface area contributed by atoms with Crippen LogP contribution in [0.5, 0.6) is 0 Å². The quantitative estimate of drug-likeness (QED) is 0.617. The lowest BCUT2D eigenvalue weighted by molar-refractivity contribution is -0.100. The molecule has 0 aliphatic carbocycles. The van der Waals surface area contributed by atoms with Gasteiger partial charge in [0.05, 0.1) is 6.61 Å². The zero-order valence-corrected chi connectivity index (χ0v) is 7.81. The lowest BCUT2D eigenvalue weighted by atomic mass is 10.0. The van der Waals surface area contributed by atoms with Crippen LogP contribution in [0.25, 0.3) is 0 Å². The predicted molar refractivity (Wildman–Crippen MR) is 48.0 cm³/mol. The van der Waals surface area contributed by atoms with Crippen molar-refractivity contribution in [3.63, 3.8) is 0 Å². The van der Waals surface area contributed by atoms with Crippen molar-refractivity contribution in [2.75, 3.05) is 32.8 Å². The summed E-state index contributed by atoms with van der Waals surface area (Å²) in [5, 5.41) is 3.37. The molecule has 0 aromatic carbocycles. The summed E-state index contributed by atoms with van der Waals surface area (Å²) in [6.45, 7) is 7.61. The van der Waals surface area contributed by atoms with Crippen LogP contribution in [0.2, 0.25) is 0 Å². The third-order valence-electron chi connectivity index (χ3n) is 3.07. The molecule has 2 saturated heterocycles. The van der Waals surface area contributed by atoms with Gasteiger partial charge < -0.3 is 10.1 Å². The summed E-state index contributed by atoms with van der Waals surface area (Å²) in [6, 6.07) is 0. The Morgan fingerprint density at radius 2 is 2.17 bits per heavy atom. The molecule has 0 radical (unpaired) electrons. The first kappa shape index (κ1) is 8.48. The number of likely N-dealkylation sites (N-methyl/N-ethyl adjacent to an activating group) is 1. The maximum atomic E-state index is 5.87. The van der Waals surface area contributed by atoms with E-state index >= 15 is 0 Å². The first-order valence-electron chi connectivity index (χ1n) is 4.97. The maximum absolute atomic E-state index is 5.87. The molecule has 0 unspecified atom stereocenters. The second-order valence-electron chi connectivity index (χ2n) is 3.62. The van der Waals surface area contributed by atoms with Gasteiger partial charge in [0, 0.05) is 19.4 Å². The Kier molecular flexibility index (Phi) is 2.35. The van der Waals surface area contributed by atoms with Gasteiger partial charge in [0.25, 0.3) is 0 Å². The zero-order valence-electron chi connectivity index (χ0n) is 7.81. The van der Waals surface area contributed by atoms with Crippen LogP contribution in [0, 0.1) is 0 Å². The monoisotopic (exact) mass is 170 g/mol. The topological polar surface area (TPSA) is 24.5 Å². The van der Waals surface area contributed by atoms with Gasteiger partial charge >= 0.3 is 0 Å². The molecular formula is C9H18N2O. The van der Waals surface area contributed by atoms with Crippen molar-refractivity contribution >= 4 is 0 Å². The largest absolute Gasteiger partial charge is 0.359 e. The molecule has 1 N–H and O–H groups in total. The second kappa shape index (κ2) is 3.32. The maximum Gasteiger partial charge on any atom is 0.124 e. The molecule has 0 aromatic rings. The molecule has 3 heteroatoms. The first-order chi connectivity index (χ1) is 5.87. The fourth-order valence-corrected chi connectivity index (χ4v) is 2.37. The molecule has 2 fully saturated rings. The van der Waals surface area contributed by atoms with Crippen LogP contribution in [0.1, 0.15) is 19.8 Å². The smallest absolute Gasteiger partial charge is 0.124 e. The first-order valence-corrected chi connectivity index (χ1v) is 4.97. The van der Waals surface area contributed by atoms with E-state index < -0.39 is 0 Å². The second-order valence-corrected chi connectivity index (χ2v) is 3.62. The van der Waals surface area contributed by atoms with Crippen molar-refractivity contribution < 1.29 is 4.74 Å². The van der Waals surface area contributed by atoms with Gasteiger partial charge in [0.1, 0.15) is 5.72 Å². The van der Waals surface area contributed by atoms with Crippen LogP contribution in [0.3, 0.4) is 0 Å². The van der Waals surface area contributed by atoms with Crippen LogP contribution >= 0.6 is 0 Å². The molecule has 2 rings (SSSR count). The fourth-order valence-electron chi connectivity index (χ4n) is 2.37. The Morgan fingerprint density at radius 3 is 2.83 bits per heavy atom. The summed E-state index contributed by atoms with van der Waals surface area (Å²) in [4.78, 5) is 2.48. The van der Waals surface area contributed by atoms with E-state index in [1.807, 2.05) is 0 Å². The molecule has 12 heavy (non-hydrogen) atoms. The Labute approximate surface area is 74.1 Å². The van der Waals surface area contributed by atoms with Gasteiger partial charge in [-0.15, -0.1) is 0 Å². The third kappa shape index (κ3) is 1.26. The number of nitrogens with one attached hydrogen (secondary N) is 1. The van der Waals surface area contributed by atoms with Crippen molar-refractivity contribution in [2.24, 2.45) is 0 Å². The summed E-state index contributed by atoms with van der Waals surface area (Å²) in [6.07, 6.45) is 2.31. The summed E-state index contributed by atoms with van der Waals surface area (Å²) in [5.41, 5.74) is 0.111. The number of piperidine rings is 1. The van der Waals surface area contributed by atoms with Crippen molar-refractivity contribution in [1.82, 2.24) is 10.2 Å². The van der Waals surface area contributed by atoms with E-state index in [0.29, 0.717) is 0 Å². The summed E-state index contributed by atoms with van der Waals surface area (Å²) in [5.74, 6) is 0. The van der Waals surface area contributed by atoms with E-state index in [0.717, 1.165) is 45.6 Å². The lowest BCUT2D eigenvalue weighted by Gasteiger charge is -2.39. The highest BCUT2D eigenvalue weighted by Gasteiger charge is 2.41. The van der Waals surface area contributed by atoms with Crippen molar-refractivity contribution in [3.8, 4) is 0 Å². The van der Waals surface area contributed by atoms with E-state index in [-0.39, 0.29) is 5.72 Å². The minimum absolute atomic E-state index is 0.111. The summed E-state index contributed by atoms with van der Waals surface area (Å²) in [7, 11) is 0. The van der Waals surface area contributed by atoms with Gasteiger partial charge in [-0.25, -0.2) is 0 Å². The average molecular weight is 170 g/mol. The van der Waals surface area contributed by atoms with Gasteiger partial charge in [0.15, 0.2) is 0 Å². The predicted octanol–water partition coefficient (Wildman–Crippen LogP) is 0.418. The van der Waals surface area contributed by atoms with Crippen LogP contribution < -0.4 is 5.32 Å². The molecular weight excluding hydrogens is 152 g/mol. The number of rotatable bonds is 1. The van der Waals surface area contributed by atoms with Gasteiger partial charge in [-0.3, -0.25) is 4.90 Å². The highest BCUT2D eigenvalue weighted by Crippen LogP contribution is 2.31. The molecule has 0 saturated carbocycles. The van der Waals surface area contributed by atoms with Crippen LogP contribution in [0.4, 0.5) is 0 Å². The number of nitrogens with zero attached hydrogens (tertiary/aromatic N) is 1. The SMILES string of the molecule is CCN1CCOC12CCNCC2. The Balaban J connectivity index is 2.05. The molecule has 2 aliphatic rings. The molecule has 3 nitrogen and oxygen atoms in total. The molecule has 0 aromatic heterocycles. The number of ether oxygens (including phenoxy) is 1. The zero-order chi connectivity index (χ0) is 8.44. The normalized spacial score (nSPS) is 29.8. The Bertz CT molecular complexity index is 155. The molecule has 70 valence electrons. The summed E-state index contributed by atoms with van der Waals surface area (Å²) >= 11 is 0. The lowest BCUT2D eigenvalue weighted by Crippen LogP contribution is -2.51. The standard InChI is InChI=1S/C9H18N2O/c1-2-11-7-8-12-9(11)3-5-10-6-4-9/h10H,2-8H2,1H3. The highest BCUT2D eigenvalue weighted by molar-refractivity contribution is 4.89. The van der Waals surface area contributed by atoms with E-state index in [1.54, 1.807) is 0 Å². The van der Waals surface area contributed by atoms with Gasteiger partial charge in [-0.1, -0.05) is 6.92 Å². The van der Waals surface area contributed by atoms with Gasteiger partial charge in [-0.05, 0) is 19.6 Å². The van der Waals surface area contributed by atoms with Crippen LogP contribution in [-0.4, -0.2) is 43.4 Å². The van der Waals surface area contributed by atoms with Crippen LogP contribution in [0.15, 0.2) is 0 Å². The summed E-state index contributed by atoms with van der Waals surface area (Å²) < 4.78 is 5.87.